The van der Waals surface area contributed by atoms with Gasteiger partial charge in [-0.05, 0) is 25.5 Å². The summed E-state index contributed by atoms with van der Waals surface area (Å²) in [6.07, 6.45) is 7.88. The molecule has 0 atom stereocenters. The van der Waals surface area contributed by atoms with E-state index in [0.29, 0.717) is 6.54 Å². The fourth-order valence-corrected chi connectivity index (χ4v) is 0.858. The molecule has 13 heavy (non-hydrogen) atoms. The van der Waals surface area contributed by atoms with Gasteiger partial charge in [0.05, 0.1) is 13.1 Å². The molecule has 0 spiro atoms. The first-order chi connectivity index (χ1) is 6.41. The summed E-state index contributed by atoms with van der Waals surface area (Å²) in [5.74, 6) is 0. The van der Waals surface area contributed by atoms with Crippen molar-refractivity contribution in [3.05, 3.63) is 0 Å². The second kappa shape index (κ2) is 10.7. The predicted molar refractivity (Wildman–Crippen MR) is 50.9 cm³/mol. The fourth-order valence-electron chi connectivity index (χ4n) is 0.858. The monoisotopic (exact) mass is 182 g/mol. The standard InChI is InChI=1S/C9H14N2O2/c12-8-7-10-5-3-1-2-4-6-11-9-13/h5,8H,1-4,6-7H2. The van der Waals surface area contributed by atoms with Crippen molar-refractivity contribution >= 4 is 18.6 Å². The molecule has 0 saturated heterocycles. The van der Waals surface area contributed by atoms with Gasteiger partial charge in [0.15, 0.2) is 0 Å². The van der Waals surface area contributed by atoms with Gasteiger partial charge in [-0.3, -0.25) is 4.99 Å². The summed E-state index contributed by atoms with van der Waals surface area (Å²) in [5, 5.41) is 0. The number of hydrogen-bond acceptors (Lipinski definition) is 4. The van der Waals surface area contributed by atoms with Crippen LogP contribution in [0.5, 0.6) is 0 Å². The predicted octanol–water partition coefficient (Wildman–Crippen LogP) is 1.15. The maximum atomic E-state index is 9.85. The highest BCUT2D eigenvalue weighted by molar-refractivity contribution is 5.61. The quantitative estimate of drug-likeness (QED) is 0.245. The normalized spacial score (nSPS) is 9.85. The zero-order valence-corrected chi connectivity index (χ0v) is 7.61. The van der Waals surface area contributed by atoms with E-state index in [2.05, 4.69) is 9.98 Å². The molecule has 0 heterocycles. The van der Waals surface area contributed by atoms with Crippen molar-refractivity contribution in [3.8, 4) is 0 Å². The van der Waals surface area contributed by atoms with E-state index in [-0.39, 0.29) is 6.54 Å². The largest absolute Gasteiger partial charge is 0.301 e. The van der Waals surface area contributed by atoms with Gasteiger partial charge in [-0.1, -0.05) is 6.42 Å². The van der Waals surface area contributed by atoms with E-state index in [9.17, 15) is 9.59 Å². The summed E-state index contributed by atoms with van der Waals surface area (Å²) in [6.45, 7) is 0.824. The van der Waals surface area contributed by atoms with Crippen LogP contribution in [-0.2, 0) is 9.59 Å². The van der Waals surface area contributed by atoms with E-state index in [1.807, 2.05) is 0 Å². The molecule has 72 valence electrons. The van der Waals surface area contributed by atoms with Gasteiger partial charge in [-0.25, -0.2) is 9.79 Å². The van der Waals surface area contributed by atoms with Crippen LogP contribution in [0, 0.1) is 0 Å². The Morgan fingerprint density at radius 3 is 2.77 bits per heavy atom. The number of hydrogen-bond donors (Lipinski definition) is 0. The van der Waals surface area contributed by atoms with Crippen molar-refractivity contribution in [2.45, 2.75) is 25.7 Å². The highest BCUT2D eigenvalue weighted by Gasteiger charge is 1.86. The molecule has 0 aliphatic rings. The van der Waals surface area contributed by atoms with Gasteiger partial charge in [0, 0.05) is 0 Å². The lowest BCUT2D eigenvalue weighted by atomic mass is 10.2. The van der Waals surface area contributed by atoms with Gasteiger partial charge in [-0.2, -0.15) is 0 Å². The summed E-state index contributed by atoms with van der Waals surface area (Å²) in [5.41, 5.74) is 0. The van der Waals surface area contributed by atoms with Crippen molar-refractivity contribution in [3.63, 3.8) is 0 Å². The third-order valence-corrected chi connectivity index (χ3v) is 1.48. The average Bonchev–Trinajstić information content (AvgIpc) is 2.16. The smallest absolute Gasteiger partial charge is 0.234 e. The summed E-state index contributed by atoms with van der Waals surface area (Å²) < 4.78 is 0. The second-order valence-electron chi connectivity index (χ2n) is 2.54. The number of carbonyl (C=O) groups is 1. The number of carbonyl (C=O) groups excluding carboxylic acids is 2. The minimum absolute atomic E-state index is 0.259. The summed E-state index contributed by atoms with van der Waals surface area (Å²) in [6, 6.07) is 0. The number of unbranched alkanes of at least 4 members (excludes halogenated alkanes) is 3. The van der Waals surface area contributed by atoms with E-state index in [1.54, 1.807) is 6.21 Å². The minimum Gasteiger partial charge on any atom is -0.301 e. The first kappa shape index (κ1) is 11.7. The molecule has 4 nitrogen and oxygen atoms in total. The lowest BCUT2D eigenvalue weighted by Crippen LogP contribution is -1.85. The van der Waals surface area contributed by atoms with Crippen LogP contribution in [0.1, 0.15) is 25.7 Å². The van der Waals surface area contributed by atoms with Gasteiger partial charge in [0.2, 0.25) is 6.08 Å². The van der Waals surface area contributed by atoms with Crippen LogP contribution in [0.2, 0.25) is 0 Å². The molecule has 0 aliphatic carbocycles. The number of rotatable bonds is 8. The number of aldehydes is 1. The van der Waals surface area contributed by atoms with Crippen molar-refractivity contribution in [2.75, 3.05) is 13.1 Å². The van der Waals surface area contributed by atoms with Gasteiger partial charge < -0.3 is 4.79 Å². The SMILES string of the molecule is O=C=NCCCCCC=NCC=O. The Kier molecular flexibility index (Phi) is 9.66. The molecule has 0 aromatic heterocycles. The van der Waals surface area contributed by atoms with Gasteiger partial charge in [-0.15, -0.1) is 0 Å². The van der Waals surface area contributed by atoms with E-state index >= 15 is 0 Å². The van der Waals surface area contributed by atoms with E-state index in [1.165, 1.54) is 6.08 Å². The topological polar surface area (TPSA) is 58.9 Å². The second-order valence-corrected chi connectivity index (χ2v) is 2.54. The van der Waals surface area contributed by atoms with E-state index in [0.717, 1.165) is 32.0 Å². The third-order valence-electron chi connectivity index (χ3n) is 1.48. The zero-order chi connectivity index (χ0) is 9.78. The molecule has 0 saturated carbocycles. The summed E-state index contributed by atoms with van der Waals surface area (Å²) >= 11 is 0. The Balaban J connectivity index is 3.07. The van der Waals surface area contributed by atoms with Gasteiger partial charge in [0.25, 0.3) is 0 Å². The fraction of sp³-hybridized carbons (Fsp3) is 0.667. The summed E-state index contributed by atoms with van der Waals surface area (Å²) in [7, 11) is 0. The van der Waals surface area contributed by atoms with Crippen LogP contribution in [-0.4, -0.2) is 31.7 Å². The van der Waals surface area contributed by atoms with Crippen LogP contribution in [0.3, 0.4) is 0 Å². The van der Waals surface area contributed by atoms with Gasteiger partial charge >= 0.3 is 0 Å². The van der Waals surface area contributed by atoms with Crippen LogP contribution >= 0.6 is 0 Å². The Morgan fingerprint density at radius 1 is 1.23 bits per heavy atom. The maximum absolute atomic E-state index is 9.85. The van der Waals surface area contributed by atoms with Crippen molar-refractivity contribution in [2.24, 2.45) is 9.98 Å². The molecular weight excluding hydrogens is 168 g/mol. The minimum atomic E-state index is 0.259. The van der Waals surface area contributed by atoms with Crippen molar-refractivity contribution in [1.82, 2.24) is 0 Å². The lowest BCUT2D eigenvalue weighted by molar-refractivity contribution is -0.106. The number of aliphatic imine (C=N–C) groups is 2. The average molecular weight is 182 g/mol. The van der Waals surface area contributed by atoms with Crippen LogP contribution in [0.25, 0.3) is 0 Å². The molecule has 0 N–H and O–H groups in total. The molecule has 0 unspecified atom stereocenters. The van der Waals surface area contributed by atoms with Crippen molar-refractivity contribution < 1.29 is 9.59 Å². The first-order valence-corrected chi connectivity index (χ1v) is 4.37. The molecule has 0 amide bonds. The Labute approximate surface area is 77.8 Å². The molecule has 0 aliphatic heterocycles. The highest BCUT2D eigenvalue weighted by atomic mass is 16.1. The first-order valence-electron chi connectivity index (χ1n) is 4.37. The molecule has 0 aromatic carbocycles. The molecule has 0 aromatic rings. The Hall–Kier alpha value is -1.28. The number of nitrogens with zero attached hydrogens (tertiary/aromatic N) is 2. The molecular formula is C9H14N2O2. The van der Waals surface area contributed by atoms with E-state index < -0.39 is 0 Å². The third kappa shape index (κ3) is 10.7. The lowest BCUT2D eigenvalue weighted by Gasteiger charge is -1.92. The van der Waals surface area contributed by atoms with Crippen LogP contribution in [0.15, 0.2) is 9.98 Å². The molecule has 0 fully saturated rings. The Morgan fingerprint density at radius 2 is 2.08 bits per heavy atom. The Bertz CT molecular complexity index is 196. The highest BCUT2D eigenvalue weighted by Crippen LogP contribution is 1.97. The van der Waals surface area contributed by atoms with Crippen LogP contribution in [0.4, 0.5) is 0 Å². The van der Waals surface area contributed by atoms with E-state index in [4.69, 9.17) is 0 Å². The molecule has 4 heteroatoms. The number of isocyanates is 1. The molecule has 0 rings (SSSR count). The van der Waals surface area contributed by atoms with Gasteiger partial charge in [0.1, 0.15) is 6.29 Å². The van der Waals surface area contributed by atoms with Crippen molar-refractivity contribution in [1.29, 1.82) is 0 Å². The zero-order valence-electron chi connectivity index (χ0n) is 7.61. The maximum Gasteiger partial charge on any atom is 0.234 e. The van der Waals surface area contributed by atoms with Crippen LogP contribution < -0.4 is 0 Å². The molecule has 0 radical (unpaired) electrons. The molecule has 0 bridgehead atoms. The summed E-state index contributed by atoms with van der Waals surface area (Å²) in [4.78, 5) is 26.8.